The maximum Gasteiger partial charge on any atom is 0.411 e. The summed E-state index contributed by atoms with van der Waals surface area (Å²) in [5.74, 6) is 0.0235. The van der Waals surface area contributed by atoms with E-state index in [4.69, 9.17) is 4.74 Å². The summed E-state index contributed by atoms with van der Waals surface area (Å²) in [5, 5.41) is 5.46. The molecule has 2 amide bonds. The van der Waals surface area contributed by atoms with Crippen molar-refractivity contribution in [2.24, 2.45) is 5.92 Å². The van der Waals surface area contributed by atoms with E-state index in [0.717, 1.165) is 5.56 Å². The van der Waals surface area contributed by atoms with Gasteiger partial charge >= 0.3 is 6.09 Å². The first-order chi connectivity index (χ1) is 16.1. The number of benzene rings is 2. The molecule has 0 aromatic heterocycles. The normalized spacial score (nSPS) is 15.2. The summed E-state index contributed by atoms with van der Waals surface area (Å²) in [6, 6.07) is 13.6. The number of piperazine rings is 1. The summed E-state index contributed by atoms with van der Waals surface area (Å²) in [7, 11) is -3.54. The molecule has 0 unspecified atom stereocenters. The number of amides is 2. The molecule has 1 saturated heterocycles. The van der Waals surface area contributed by atoms with Gasteiger partial charge in [0, 0.05) is 37.6 Å². The van der Waals surface area contributed by atoms with Crippen LogP contribution in [0.5, 0.6) is 0 Å². The second-order valence-electron chi connectivity index (χ2n) is 8.74. The van der Waals surface area contributed by atoms with Crippen molar-refractivity contribution in [2.45, 2.75) is 25.7 Å². The van der Waals surface area contributed by atoms with Crippen LogP contribution in [-0.2, 0) is 19.6 Å². The first-order valence-corrected chi connectivity index (χ1v) is 12.7. The molecule has 3 rings (SSSR count). The van der Waals surface area contributed by atoms with Gasteiger partial charge in [-0.05, 0) is 43.2 Å². The lowest BCUT2D eigenvalue weighted by Crippen LogP contribution is -2.50. The highest BCUT2D eigenvalue weighted by molar-refractivity contribution is 7.89. The summed E-state index contributed by atoms with van der Waals surface area (Å²) >= 11 is 0. The quantitative estimate of drug-likeness (QED) is 0.591. The van der Waals surface area contributed by atoms with Crippen molar-refractivity contribution in [1.29, 1.82) is 0 Å². The Hall–Kier alpha value is -2.95. The van der Waals surface area contributed by atoms with Gasteiger partial charge in [0.2, 0.25) is 15.9 Å². The third-order valence-corrected chi connectivity index (χ3v) is 7.21. The van der Waals surface area contributed by atoms with Crippen LogP contribution in [0.2, 0.25) is 0 Å². The maximum atomic E-state index is 12.8. The summed E-state index contributed by atoms with van der Waals surface area (Å²) in [6.07, 6.45) is -0.546. The van der Waals surface area contributed by atoms with Crippen molar-refractivity contribution in [3.05, 3.63) is 54.1 Å². The van der Waals surface area contributed by atoms with Crippen LogP contribution < -0.4 is 10.6 Å². The van der Waals surface area contributed by atoms with Crippen LogP contribution in [0.1, 0.15) is 19.4 Å². The molecular formula is C24H32N4O5S. The molecule has 2 aromatic rings. The highest BCUT2D eigenvalue weighted by Gasteiger charge is 2.29. The minimum Gasteiger partial charge on any atom is -0.449 e. The van der Waals surface area contributed by atoms with Gasteiger partial charge in [0.05, 0.1) is 18.0 Å². The molecule has 0 aliphatic carbocycles. The van der Waals surface area contributed by atoms with Crippen LogP contribution >= 0.6 is 0 Å². The second kappa shape index (κ2) is 11.5. The van der Waals surface area contributed by atoms with Gasteiger partial charge in [-0.25, -0.2) is 13.2 Å². The number of hydrogen-bond donors (Lipinski definition) is 2. The van der Waals surface area contributed by atoms with E-state index in [1.165, 1.54) is 4.31 Å². The van der Waals surface area contributed by atoms with Crippen LogP contribution in [0.15, 0.2) is 53.4 Å². The van der Waals surface area contributed by atoms with Gasteiger partial charge in [0.25, 0.3) is 0 Å². The number of nitrogens with zero attached hydrogens (tertiary/aromatic N) is 2. The van der Waals surface area contributed by atoms with E-state index < -0.39 is 16.1 Å². The zero-order valence-corrected chi connectivity index (χ0v) is 20.6. The number of ether oxygens (including phenoxy) is 1. The fourth-order valence-electron chi connectivity index (χ4n) is 3.46. The topological polar surface area (TPSA) is 108 Å². The van der Waals surface area contributed by atoms with Crippen molar-refractivity contribution < 1.29 is 22.7 Å². The van der Waals surface area contributed by atoms with Gasteiger partial charge in [0.15, 0.2) is 0 Å². The van der Waals surface area contributed by atoms with E-state index in [0.29, 0.717) is 44.2 Å². The molecule has 2 N–H and O–H groups in total. The first kappa shape index (κ1) is 25.7. The zero-order valence-electron chi connectivity index (χ0n) is 19.8. The van der Waals surface area contributed by atoms with Crippen LogP contribution in [-0.4, -0.2) is 69.0 Å². The molecule has 1 heterocycles. The van der Waals surface area contributed by atoms with Crippen molar-refractivity contribution in [3.8, 4) is 0 Å². The Bertz CT molecular complexity index is 1090. The van der Waals surface area contributed by atoms with Crippen molar-refractivity contribution in [2.75, 3.05) is 50.0 Å². The molecule has 1 aliphatic heterocycles. The Morgan fingerprint density at radius 1 is 0.971 bits per heavy atom. The lowest BCUT2D eigenvalue weighted by Gasteiger charge is -2.33. The Morgan fingerprint density at radius 2 is 1.59 bits per heavy atom. The van der Waals surface area contributed by atoms with Gasteiger partial charge in [0.1, 0.15) is 0 Å². The smallest absolute Gasteiger partial charge is 0.411 e. The highest BCUT2D eigenvalue weighted by Crippen LogP contribution is 2.19. The van der Waals surface area contributed by atoms with Crippen LogP contribution in [0.4, 0.5) is 16.2 Å². The first-order valence-electron chi connectivity index (χ1n) is 11.3. The predicted octanol–water partition coefficient (Wildman–Crippen LogP) is 3.14. The minimum absolute atomic E-state index is 0.145. The lowest BCUT2D eigenvalue weighted by molar-refractivity contribution is -0.117. The molecule has 0 atom stereocenters. The summed E-state index contributed by atoms with van der Waals surface area (Å²) < 4.78 is 32.2. The standard InChI is InChI=1S/C24H32N4O5S/c1-18(2)17-33-24(30)26-21-6-4-5-20(15-21)25-23(29)16-27-11-13-28(14-12-27)34(31,32)22-9-7-19(3)8-10-22/h4-10,15,18H,11-14,16-17H2,1-3H3,(H,25,29)(H,26,30). The van der Waals surface area contributed by atoms with E-state index in [9.17, 15) is 18.0 Å². The molecule has 0 bridgehead atoms. The minimum atomic E-state index is -3.54. The Balaban J connectivity index is 1.48. The maximum absolute atomic E-state index is 12.8. The van der Waals surface area contributed by atoms with Crippen molar-refractivity contribution >= 4 is 33.4 Å². The molecule has 9 nitrogen and oxygen atoms in total. The largest absolute Gasteiger partial charge is 0.449 e. The van der Waals surface area contributed by atoms with Crippen molar-refractivity contribution in [1.82, 2.24) is 9.21 Å². The van der Waals surface area contributed by atoms with Gasteiger partial charge in [-0.2, -0.15) is 4.31 Å². The van der Waals surface area contributed by atoms with Crippen LogP contribution in [0, 0.1) is 12.8 Å². The highest BCUT2D eigenvalue weighted by atomic mass is 32.2. The average molecular weight is 489 g/mol. The van der Waals surface area contributed by atoms with E-state index in [1.807, 2.05) is 25.7 Å². The molecular weight excluding hydrogens is 456 g/mol. The predicted molar refractivity (Wildman–Crippen MR) is 131 cm³/mol. The Labute approximate surface area is 201 Å². The monoisotopic (exact) mass is 488 g/mol. The third kappa shape index (κ3) is 7.28. The molecule has 0 spiro atoms. The fourth-order valence-corrected chi connectivity index (χ4v) is 4.88. The van der Waals surface area contributed by atoms with Gasteiger partial charge in [-0.15, -0.1) is 0 Å². The van der Waals surface area contributed by atoms with E-state index >= 15 is 0 Å². The molecule has 10 heteroatoms. The molecule has 2 aromatic carbocycles. The average Bonchev–Trinajstić information content (AvgIpc) is 2.78. The van der Waals surface area contributed by atoms with Crippen molar-refractivity contribution in [3.63, 3.8) is 0 Å². The number of sulfonamides is 1. The zero-order chi connectivity index (χ0) is 24.7. The Kier molecular flexibility index (Phi) is 8.65. The number of anilines is 2. The second-order valence-corrected chi connectivity index (χ2v) is 10.7. The summed E-state index contributed by atoms with van der Waals surface area (Å²) in [5.41, 5.74) is 2.07. The van der Waals surface area contributed by atoms with Gasteiger partial charge in [-0.1, -0.05) is 37.6 Å². The van der Waals surface area contributed by atoms with Crippen LogP contribution in [0.25, 0.3) is 0 Å². The molecule has 34 heavy (non-hydrogen) atoms. The number of hydrogen-bond acceptors (Lipinski definition) is 6. The molecule has 1 aliphatic rings. The van der Waals surface area contributed by atoms with E-state index in [2.05, 4.69) is 10.6 Å². The lowest BCUT2D eigenvalue weighted by atomic mass is 10.2. The molecule has 0 radical (unpaired) electrons. The molecule has 1 fully saturated rings. The van der Waals surface area contributed by atoms with E-state index in [1.54, 1.807) is 48.5 Å². The van der Waals surface area contributed by atoms with Crippen LogP contribution in [0.3, 0.4) is 0 Å². The number of carbonyl (C=O) groups is 2. The fraction of sp³-hybridized carbons (Fsp3) is 0.417. The number of aryl methyl sites for hydroxylation is 1. The molecule has 0 saturated carbocycles. The number of rotatable bonds is 8. The summed E-state index contributed by atoms with van der Waals surface area (Å²) in [4.78, 5) is 26.6. The van der Waals surface area contributed by atoms with Gasteiger partial charge < -0.3 is 10.1 Å². The third-order valence-electron chi connectivity index (χ3n) is 5.30. The van der Waals surface area contributed by atoms with E-state index in [-0.39, 0.29) is 23.3 Å². The number of carbonyl (C=O) groups excluding carboxylic acids is 2. The SMILES string of the molecule is Cc1ccc(S(=O)(=O)N2CCN(CC(=O)Nc3cccc(NC(=O)OCC(C)C)c3)CC2)cc1. The number of nitrogens with one attached hydrogen (secondary N) is 2. The van der Waals surface area contributed by atoms with Gasteiger partial charge in [-0.3, -0.25) is 15.0 Å². The summed E-state index contributed by atoms with van der Waals surface area (Å²) in [6.45, 7) is 7.84. The molecule has 184 valence electrons. The Morgan fingerprint density at radius 3 is 2.21 bits per heavy atom.